The molecule has 0 spiro atoms. The molecule has 0 bridgehead atoms. The molecule has 2 aromatic rings. The number of allylic oxidation sites excluding steroid dienone is 2. The van der Waals surface area contributed by atoms with Crippen LogP contribution >= 0.6 is 11.8 Å². The number of rotatable bonds is 5. The summed E-state index contributed by atoms with van der Waals surface area (Å²) in [4.78, 5) is 38.1. The van der Waals surface area contributed by atoms with Gasteiger partial charge in [-0.05, 0) is 23.5 Å². The van der Waals surface area contributed by atoms with Crippen molar-refractivity contribution in [3.05, 3.63) is 57.8 Å². The zero-order valence-electron chi connectivity index (χ0n) is 17.0. The van der Waals surface area contributed by atoms with Gasteiger partial charge in [0, 0.05) is 36.2 Å². The number of nitrogens with zero attached hydrogens (tertiary/aromatic N) is 2. The minimum Gasteiger partial charge on any atom is -0.343 e. The van der Waals surface area contributed by atoms with E-state index in [9.17, 15) is 9.59 Å². The van der Waals surface area contributed by atoms with E-state index in [-0.39, 0.29) is 22.7 Å². The van der Waals surface area contributed by atoms with E-state index in [1.165, 1.54) is 0 Å². The smallest absolute Gasteiger partial charge is 0.257 e. The van der Waals surface area contributed by atoms with Gasteiger partial charge in [-0.15, -0.1) is 0 Å². The lowest BCUT2D eigenvalue weighted by atomic mass is 9.67. The molecule has 1 aliphatic heterocycles. The van der Waals surface area contributed by atoms with E-state index in [1.807, 2.05) is 12.1 Å². The largest absolute Gasteiger partial charge is 0.343 e. The van der Waals surface area contributed by atoms with E-state index in [4.69, 9.17) is 4.98 Å². The summed E-state index contributed by atoms with van der Waals surface area (Å²) < 4.78 is 0. The number of anilines is 1. The number of unbranched alkanes of at least 4 members (excludes halogenated alkanes) is 1. The third kappa shape index (κ3) is 3.88. The van der Waals surface area contributed by atoms with Crippen LogP contribution in [0.3, 0.4) is 0 Å². The molecule has 2 aliphatic rings. The van der Waals surface area contributed by atoms with Gasteiger partial charge in [0.15, 0.2) is 5.16 Å². The Kier molecular flexibility index (Phi) is 5.34. The standard InChI is InChI=1S/C22H26N4O2S/c1-4-5-9-29-21-25-19-18(20(28)26-21)16(13-7-6-8-23-12-13)17-14(24-19)10-22(2,3)11-15(17)27/h6-8,10,12,16-17H,4-5,9,11H2,1-3H3,(H2,24,25,26,28)/t16-,17-/m1/s1. The average Bonchev–Trinajstić information content (AvgIpc) is 2.66. The maximum atomic E-state index is 13.2. The quantitative estimate of drug-likeness (QED) is 0.438. The van der Waals surface area contributed by atoms with Crippen molar-refractivity contribution in [3.63, 3.8) is 0 Å². The molecule has 152 valence electrons. The molecule has 29 heavy (non-hydrogen) atoms. The van der Waals surface area contributed by atoms with Gasteiger partial charge in [-0.1, -0.05) is 51.1 Å². The molecule has 0 amide bonds. The highest BCUT2D eigenvalue weighted by molar-refractivity contribution is 7.99. The van der Waals surface area contributed by atoms with Gasteiger partial charge in [0.1, 0.15) is 11.6 Å². The number of aromatic nitrogens is 3. The summed E-state index contributed by atoms with van der Waals surface area (Å²) in [5, 5.41) is 3.94. The summed E-state index contributed by atoms with van der Waals surface area (Å²) in [5.74, 6) is 0.790. The second-order valence-electron chi connectivity index (χ2n) is 8.43. The van der Waals surface area contributed by atoms with Crippen LogP contribution in [0.1, 0.15) is 57.1 Å². The van der Waals surface area contributed by atoms with Crippen LogP contribution < -0.4 is 10.9 Å². The lowest BCUT2D eigenvalue weighted by Gasteiger charge is -2.40. The van der Waals surface area contributed by atoms with E-state index < -0.39 is 5.92 Å². The van der Waals surface area contributed by atoms with Crippen molar-refractivity contribution >= 4 is 23.4 Å². The zero-order chi connectivity index (χ0) is 20.6. The van der Waals surface area contributed by atoms with Crippen LogP contribution in [0.4, 0.5) is 5.82 Å². The van der Waals surface area contributed by atoms with Gasteiger partial charge in [-0.2, -0.15) is 0 Å². The number of fused-ring (bicyclic) bond motifs is 2. The summed E-state index contributed by atoms with van der Waals surface area (Å²) in [6.45, 7) is 6.25. The molecular weight excluding hydrogens is 384 g/mol. The molecule has 0 aromatic carbocycles. The molecule has 4 rings (SSSR count). The molecule has 0 saturated carbocycles. The first-order valence-electron chi connectivity index (χ1n) is 10.1. The Morgan fingerprint density at radius 3 is 2.83 bits per heavy atom. The first kappa shape index (κ1) is 19.9. The van der Waals surface area contributed by atoms with E-state index in [0.29, 0.717) is 23.0 Å². The predicted molar refractivity (Wildman–Crippen MR) is 115 cm³/mol. The van der Waals surface area contributed by atoms with Crippen LogP contribution in [0.2, 0.25) is 0 Å². The maximum absolute atomic E-state index is 13.2. The molecule has 2 aromatic heterocycles. The number of nitrogens with one attached hydrogen (secondary N) is 2. The van der Waals surface area contributed by atoms with Crippen molar-refractivity contribution in [2.24, 2.45) is 11.3 Å². The molecule has 2 atom stereocenters. The van der Waals surface area contributed by atoms with Gasteiger partial charge >= 0.3 is 0 Å². The van der Waals surface area contributed by atoms with Crippen molar-refractivity contribution in [2.45, 2.75) is 51.1 Å². The fourth-order valence-corrected chi connectivity index (χ4v) is 5.17. The monoisotopic (exact) mass is 410 g/mol. The van der Waals surface area contributed by atoms with Crippen LogP contribution in [0.5, 0.6) is 0 Å². The van der Waals surface area contributed by atoms with E-state index in [0.717, 1.165) is 29.9 Å². The predicted octanol–water partition coefficient (Wildman–Crippen LogP) is 4.11. The van der Waals surface area contributed by atoms with Crippen molar-refractivity contribution in [3.8, 4) is 0 Å². The van der Waals surface area contributed by atoms with Crippen LogP contribution in [-0.2, 0) is 4.79 Å². The normalized spacial score (nSPS) is 22.3. The molecule has 3 heterocycles. The highest BCUT2D eigenvalue weighted by atomic mass is 32.2. The Labute approximate surface area is 174 Å². The van der Waals surface area contributed by atoms with Crippen molar-refractivity contribution < 1.29 is 4.79 Å². The molecule has 0 unspecified atom stereocenters. The van der Waals surface area contributed by atoms with Crippen molar-refractivity contribution in [1.82, 2.24) is 15.0 Å². The number of carbonyl (C=O) groups excluding carboxylic acids is 1. The Bertz CT molecular complexity index is 1010. The van der Waals surface area contributed by atoms with E-state index >= 15 is 0 Å². The van der Waals surface area contributed by atoms with Gasteiger partial charge in [0.2, 0.25) is 0 Å². The highest BCUT2D eigenvalue weighted by Gasteiger charge is 2.45. The number of pyridine rings is 1. The molecular formula is C22H26N4O2S. The second kappa shape index (κ2) is 7.78. The molecule has 7 heteroatoms. The number of Topliss-reactive ketones (excluding diaryl/α,β-unsaturated/α-hetero) is 1. The zero-order valence-corrected chi connectivity index (χ0v) is 17.8. The SMILES string of the molecule is CCCCSc1nc2c(c(=O)[nH]1)[C@H](c1cccnc1)[C@H]1C(=O)CC(C)(C)C=C1N2. The third-order valence-corrected chi connectivity index (χ3v) is 6.44. The number of ketones is 1. The lowest BCUT2D eigenvalue weighted by Crippen LogP contribution is -2.41. The van der Waals surface area contributed by atoms with Gasteiger partial charge in [-0.3, -0.25) is 14.6 Å². The lowest BCUT2D eigenvalue weighted by molar-refractivity contribution is -0.124. The molecule has 0 radical (unpaired) electrons. The fourth-order valence-electron chi connectivity index (χ4n) is 4.22. The highest BCUT2D eigenvalue weighted by Crippen LogP contribution is 2.47. The molecule has 0 fully saturated rings. The van der Waals surface area contributed by atoms with E-state index in [1.54, 1.807) is 24.2 Å². The topological polar surface area (TPSA) is 87.7 Å². The van der Waals surface area contributed by atoms with Gasteiger partial charge < -0.3 is 10.3 Å². The minimum absolute atomic E-state index is 0.139. The maximum Gasteiger partial charge on any atom is 0.257 e. The fraction of sp³-hybridized carbons (Fsp3) is 0.455. The van der Waals surface area contributed by atoms with Crippen LogP contribution in [0.15, 0.2) is 46.3 Å². The molecule has 2 N–H and O–H groups in total. The number of aromatic amines is 1. The van der Waals surface area contributed by atoms with Gasteiger partial charge in [-0.25, -0.2) is 4.98 Å². The Hall–Kier alpha value is -2.41. The Morgan fingerprint density at radius 2 is 2.10 bits per heavy atom. The molecule has 0 saturated heterocycles. The Morgan fingerprint density at radius 1 is 1.28 bits per heavy atom. The van der Waals surface area contributed by atoms with Crippen molar-refractivity contribution in [1.29, 1.82) is 0 Å². The van der Waals surface area contributed by atoms with Crippen LogP contribution in [-0.4, -0.2) is 26.5 Å². The number of hydrogen-bond acceptors (Lipinski definition) is 6. The summed E-state index contributed by atoms with van der Waals surface area (Å²) in [5.41, 5.74) is 1.81. The number of thioether (sulfide) groups is 1. The summed E-state index contributed by atoms with van der Waals surface area (Å²) >= 11 is 1.55. The Balaban J connectivity index is 1.86. The first-order chi connectivity index (χ1) is 13.9. The number of carbonyl (C=O) groups is 1. The summed E-state index contributed by atoms with van der Waals surface area (Å²) in [7, 11) is 0. The average molecular weight is 411 g/mol. The van der Waals surface area contributed by atoms with Crippen LogP contribution in [0.25, 0.3) is 0 Å². The van der Waals surface area contributed by atoms with E-state index in [2.05, 4.69) is 42.1 Å². The second-order valence-corrected chi connectivity index (χ2v) is 9.52. The van der Waals surface area contributed by atoms with Gasteiger partial charge in [0.05, 0.1) is 11.5 Å². The number of H-pyrrole nitrogens is 1. The summed E-state index contributed by atoms with van der Waals surface area (Å²) in [6, 6.07) is 3.77. The minimum atomic E-state index is -0.416. The first-order valence-corrected chi connectivity index (χ1v) is 11.1. The molecule has 6 nitrogen and oxygen atoms in total. The van der Waals surface area contributed by atoms with Crippen LogP contribution in [0, 0.1) is 11.3 Å². The van der Waals surface area contributed by atoms with Crippen molar-refractivity contribution in [2.75, 3.05) is 11.1 Å². The molecule has 1 aliphatic carbocycles. The number of hydrogen-bond donors (Lipinski definition) is 2. The summed E-state index contributed by atoms with van der Waals surface area (Å²) in [6.07, 6.45) is 8.17. The van der Waals surface area contributed by atoms with Gasteiger partial charge in [0.25, 0.3) is 5.56 Å². The third-order valence-electron chi connectivity index (χ3n) is 5.48.